The second-order valence-corrected chi connectivity index (χ2v) is 6.49. The molecule has 3 heteroatoms. The van der Waals surface area contributed by atoms with Crippen molar-refractivity contribution in [3.63, 3.8) is 0 Å². The van der Waals surface area contributed by atoms with Crippen molar-refractivity contribution in [3.8, 4) is 0 Å². The Hall–Kier alpha value is -0.410. The summed E-state index contributed by atoms with van der Waals surface area (Å²) >= 11 is 0. The van der Waals surface area contributed by atoms with Gasteiger partial charge in [0.1, 0.15) is 5.78 Å². The van der Waals surface area contributed by atoms with Gasteiger partial charge in [-0.1, -0.05) is 34.6 Å². The lowest BCUT2D eigenvalue weighted by molar-refractivity contribution is -0.136. The molecule has 94 valence electrons. The average molecular weight is 226 g/mol. The smallest absolute Gasteiger partial charge is 0.145 e. The van der Waals surface area contributed by atoms with E-state index in [9.17, 15) is 4.79 Å². The van der Waals surface area contributed by atoms with Crippen LogP contribution in [0.4, 0.5) is 0 Å². The van der Waals surface area contributed by atoms with E-state index in [1.807, 2.05) is 20.8 Å². The summed E-state index contributed by atoms with van der Waals surface area (Å²) in [6, 6.07) is 0. The Balaban J connectivity index is 2.59. The molecule has 0 bridgehead atoms. The predicted molar refractivity (Wildman–Crippen MR) is 67.6 cm³/mol. The fourth-order valence-corrected chi connectivity index (χ4v) is 2.52. The minimum absolute atomic E-state index is 0.239. The SMILES string of the molecule is CC(C)(C)C(=O)C(C)(C)CN1CCNCC1. The van der Waals surface area contributed by atoms with Crippen molar-refractivity contribution in [3.05, 3.63) is 0 Å². The van der Waals surface area contributed by atoms with Gasteiger partial charge in [-0.15, -0.1) is 0 Å². The van der Waals surface area contributed by atoms with Crippen LogP contribution in [0.3, 0.4) is 0 Å². The van der Waals surface area contributed by atoms with E-state index in [0.29, 0.717) is 5.78 Å². The Morgan fingerprint density at radius 2 is 1.62 bits per heavy atom. The number of piperazine rings is 1. The van der Waals surface area contributed by atoms with Gasteiger partial charge < -0.3 is 5.32 Å². The Morgan fingerprint density at radius 1 is 1.12 bits per heavy atom. The Kier molecular flexibility index (Phi) is 4.13. The number of hydrogen-bond donors (Lipinski definition) is 1. The molecule has 3 nitrogen and oxygen atoms in total. The van der Waals surface area contributed by atoms with Crippen molar-refractivity contribution in [2.75, 3.05) is 32.7 Å². The number of carbonyl (C=O) groups is 1. The standard InChI is InChI=1S/C13H26N2O/c1-12(2,3)11(16)13(4,5)10-15-8-6-14-7-9-15/h14H,6-10H2,1-5H3. The molecule has 1 heterocycles. The van der Waals surface area contributed by atoms with Crippen molar-refractivity contribution >= 4 is 5.78 Å². The molecule has 0 spiro atoms. The molecule has 1 rings (SSSR count). The van der Waals surface area contributed by atoms with Crippen LogP contribution in [0.25, 0.3) is 0 Å². The van der Waals surface area contributed by atoms with E-state index in [-0.39, 0.29) is 10.8 Å². The third kappa shape index (κ3) is 3.56. The van der Waals surface area contributed by atoms with Gasteiger partial charge in [0, 0.05) is 43.6 Å². The number of ketones is 1. The van der Waals surface area contributed by atoms with Gasteiger partial charge in [-0.3, -0.25) is 9.69 Å². The van der Waals surface area contributed by atoms with Gasteiger partial charge in [0.25, 0.3) is 0 Å². The molecule has 0 atom stereocenters. The molecule has 0 radical (unpaired) electrons. The van der Waals surface area contributed by atoms with Gasteiger partial charge in [-0.2, -0.15) is 0 Å². The molecule has 0 aliphatic carbocycles. The largest absolute Gasteiger partial charge is 0.314 e. The van der Waals surface area contributed by atoms with Gasteiger partial charge in [0.05, 0.1) is 0 Å². The van der Waals surface area contributed by atoms with Crippen LogP contribution < -0.4 is 5.32 Å². The highest BCUT2D eigenvalue weighted by Crippen LogP contribution is 2.29. The highest BCUT2D eigenvalue weighted by molar-refractivity contribution is 5.88. The lowest BCUT2D eigenvalue weighted by Gasteiger charge is -2.37. The van der Waals surface area contributed by atoms with Crippen molar-refractivity contribution in [1.29, 1.82) is 0 Å². The van der Waals surface area contributed by atoms with Gasteiger partial charge in [-0.25, -0.2) is 0 Å². The fourth-order valence-electron chi connectivity index (χ4n) is 2.52. The average Bonchev–Trinajstić information content (AvgIpc) is 2.16. The zero-order valence-corrected chi connectivity index (χ0v) is 11.4. The monoisotopic (exact) mass is 226 g/mol. The van der Waals surface area contributed by atoms with Gasteiger partial charge >= 0.3 is 0 Å². The Labute approximate surface area is 99.6 Å². The van der Waals surface area contributed by atoms with Crippen molar-refractivity contribution in [2.45, 2.75) is 34.6 Å². The highest BCUT2D eigenvalue weighted by Gasteiger charge is 2.37. The fraction of sp³-hybridized carbons (Fsp3) is 0.923. The Bertz CT molecular complexity index is 247. The first-order valence-corrected chi connectivity index (χ1v) is 6.21. The maximum Gasteiger partial charge on any atom is 0.145 e. The molecule has 1 aliphatic rings. The summed E-state index contributed by atoms with van der Waals surface area (Å²) in [5, 5.41) is 3.33. The van der Waals surface area contributed by atoms with Crippen LogP contribution in [0.2, 0.25) is 0 Å². The van der Waals surface area contributed by atoms with Crippen LogP contribution in [0.15, 0.2) is 0 Å². The van der Waals surface area contributed by atoms with Crippen molar-refractivity contribution in [1.82, 2.24) is 10.2 Å². The third-order valence-electron chi connectivity index (χ3n) is 3.12. The first-order chi connectivity index (χ1) is 7.23. The van der Waals surface area contributed by atoms with E-state index < -0.39 is 0 Å². The van der Waals surface area contributed by atoms with E-state index in [4.69, 9.17) is 0 Å². The van der Waals surface area contributed by atoms with Crippen LogP contribution in [-0.2, 0) is 4.79 Å². The van der Waals surface area contributed by atoms with Gasteiger partial charge in [-0.05, 0) is 0 Å². The summed E-state index contributed by atoms with van der Waals surface area (Å²) in [6.07, 6.45) is 0. The Morgan fingerprint density at radius 3 is 2.06 bits per heavy atom. The molecule has 0 aromatic heterocycles. The number of rotatable bonds is 3. The minimum atomic E-state index is -0.240. The molecule has 0 aromatic carbocycles. The topological polar surface area (TPSA) is 32.3 Å². The zero-order chi connectivity index (χ0) is 12.4. The molecular formula is C13H26N2O. The van der Waals surface area contributed by atoms with E-state index in [0.717, 1.165) is 32.7 Å². The predicted octanol–water partition coefficient (Wildman–Crippen LogP) is 1.53. The number of hydrogen-bond acceptors (Lipinski definition) is 3. The van der Waals surface area contributed by atoms with Crippen LogP contribution in [-0.4, -0.2) is 43.4 Å². The molecule has 0 aromatic rings. The summed E-state index contributed by atoms with van der Waals surface area (Å²) < 4.78 is 0. The molecule has 1 N–H and O–H groups in total. The maximum atomic E-state index is 12.3. The second kappa shape index (κ2) is 4.84. The quantitative estimate of drug-likeness (QED) is 0.792. The van der Waals surface area contributed by atoms with E-state index in [1.165, 1.54) is 0 Å². The highest BCUT2D eigenvalue weighted by atomic mass is 16.1. The van der Waals surface area contributed by atoms with Gasteiger partial charge in [0.15, 0.2) is 0 Å². The molecule has 0 unspecified atom stereocenters. The zero-order valence-electron chi connectivity index (χ0n) is 11.4. The van der Waals surface area contributed by atoms with E-state index in [2.05, 4.69) is 24.1 Å². The van der Waals surface area contributed by atoms with Crippen molar-refractivity contribution in [2.24, 2.45) is 10.8 Å². The molecule has 1 fully saturated rings. The lowest BCUT2D eigenvalue weighted by atomic mass is 9.74. The summed E-state index contributed by atoms with van der Waals surface area (Å²) in [4.78, 5) is 14.7. The minimum Gasteiger partial charge on any atom is -0.314 e. The second-order valence-electron chi connectivity index (χ2n) is 6.49. The maximum absolute atomic E-state index is 12.3. The normalized spacial score (nSPS) is 19.8. The lowest BCUT2D eigenvalue weighted by Crippen LogP contribution is -2.50. The number of nitrogens with one attached hydrogen (secondary N) is 1. The summed E-state index contributed by atoms with van der Waals surface area (Å²) in [7, 11) is 0. The summed E-state index contributed by atoms with van der Waals surface area (Å²) in [5.41, 5.74) is -0.479. The molecule has 1 aliphatic heterocycles. The first-order valence-electron chi connectivity index (χ1n) is 6.21. The number of Topliss-reactive ketones (excluding diaryl/α,β-unsaturated/α-hetero) is 1. The van der Waals surface area contributed by atoms with Crippen LogP contribution in [0.1, 0.15) is 34.6 Å². The molecular weight excluding hydrogens is 200 g/mol. The van der Waals surface area contributed by atoms with Crippen LogP contribution >= 0.6 is 0 Å². The van der Waals surface area contributed by atoms with Crippen LogP contribution in [0, 0.1) is 10.8 Å². The molecule has 0 amide bonds. The van der Waals surface area contributed by atoms with E-state index >= 15 is 0 Å². The number of carbonyl (C=O) groups excluding carboxylic acids is 1. The summed E-state index contributed by atoms with van der Waals surface area (Å²) in [6.45, 7) is 15.2. The van der Waals surface area contributed by atoms with Crippen LogP contribution in [0.5, 0.6) is 0 Å². The molecule has 1 saturated heterocycles. The van der Waals surface area contributed by atoms with E-state index in [1.54, 1.807) is 0 Å². The summed E-state index contributed by atoms with van der Waals surface area (Å²) in [5.74, 6) is 0.360. The first kappa shape index (κ1) is 13.7. The molecule has 16 heavy (non-hydrogen) atoms. The van der Waals surface area contributed by atoms with Gasteiger partial charge in [0.2, 0.25) is 0 Å². The van der Waals surface area contributed by atoms with Crippen molar-refractivity contribution < 1.29 is 4.79 Å². The number of nitrogens with zero attached hydrogens (tertiary/aromatic N) is 1. The molecule has 0 saturated carbocycles. The third-order valence-corrected chi connectivity index (χ3v) is 3.12.